The fourth-order valence-electron chi connectivity index (χ4n) is 1.74. The van der Waals surface area contributed by atoms with Crippen molar-refractivity contribution >= 4 is 11.6 Å². The minimum atomic E-state index is -0.485. The number of primary amides is 1. The van der Waals surface area contributed by atoms with Gasteiger partial charge in [0, 0.05) is 17.9 Å². The average molecular weight is 205 g/mol. The Hall–Kier alpha value is -1.58. The van der Waals surface area contributed by atoms with Gasteiger partial charge in [0.25, 0.3) is 5.91 Å². The SMILES string of the molecule is CCC1CC1Nc1ccnc(C(N)=O)c1. The summed E-state index contributed by atoms with van der Waals surface area (Å²) < 4.78 is 0. The normalized spacial score (nSPS) is 23.5. The highest BCUT2D eigenvalue weighted by Gasteiger charge is 2.35. The number of amides is 1. The number of hydrogen-bond acceptors (Lipinski definition) is 3. The Bertz CT molecular complexity index is 378. The molecule has 15 heavy (non-hydrogen) atoms. The van der Waals surface area contributed by atoms with Crippen molar-refractivity contribution in [3.63, 3.8) is 0 Å². The topological polar surface area (TPSA) is 68.0 Å². The summed E-state index contributed by atoms with van der Waals surface area (Å²) in [7, 11) is 0. The molecule has 1 fully saturated rings. The average Bonchev–Trinajstić information content (AvgIpc) is 2.97. The Kier molecular flexibility index (Phi) is 2.58. The second-order valence-corrected chi connectivity index (χ2v) is 3.95. The number of carbonyl (C=O) groups is 1. The van der Waals surface area contributed by atoms with Gasteiger partial charge in [-0.3, -0.25) is 9.78 Å². The zero-order chi connectivity index (χ0) is 10.8. The van der Waals surface area contributed by atoms with Crippen LogP contribution in [0.4, 0.5) is 5.69 Å². The molecule has 2 rings (SSSR count). The first kappa shape index (κ1) is 9.96. The third kappa shape index (κ3) is 2.26. The van der Waals surface area contributed by atoms with E-state index in [1.54, 1.807) is 12.3 Å². The lowest BCUT2D eigenvalue weighted by molar-refractivity contribution is 0.0995. The molecule has 1 aromatic rings. The summed E-state index contributed by atoms with van der Waals surface area (Å²) in [5.74, 6) is 0.289. The molecule has 0 aromatic carbocycles. The molecule has 0 aliphatic heterocycles. The van der Waals surface area contributed by atoms with Crippen LogP contribution in [0.3, 0.4) is 0 Å². The lowest BCUT2D eigenvalue weighted by Gasteiger charge is -2.05. The molecule has 0 spiro atoms. The van der Waals surface area contributed by atoms with Gasteiger partial charge in [-0.05, 0) is 24.5 Å². The highest BCUT2D eigenvalue weighted by molar-refractivity contribution is 5.91. The first-order valence-electron chi connectivity index (χ1n) is 5.23. The number of carbonyl (C=O) groups excluding carboxylic acids is 1. The van der Waals surface area contributed by atoms with Crippen LogP contribution >= 0.6 is 0 Å². The lowest BCUT2D eigenvalue weighted by atomic mass is 10.3. The maximum Gasteiger partial charge on any atom is 0.267 e. The van der Waals surface area contributed by atoms with Gasteiger partial charge in [-0.25, -0.2) is 0 Å². The lowest BCUT2D eigenvalue weighted by Crippen LogP contribution is -2.13. The smallest absolute Gasteiger partial charge is 0.267 e. The van der Waals surface area contributed by atoms with Crippen molar-refractivity contribution < 1.29 is 4.79 Å². The number of pyridine rings is 1. The van der Waals surface area contributed by atoms with Gasteiger partial charge in [-0.15, -0.1) is 0 Å². The first-order valence-corrected chi connectivity index (χ1v) is 5.23. The van der Waals surface area contributed by atoms with E-state index in [2.05, 4.69) is 17.2 Å². The highest BCUT2D eigenvalue weighted by atomic mass is 16.1. The Morgan fingerprint density at radius 3 is 3.13 bits per heavy atom. The van der Waals surface area contributed by atoms with Crippen molar-refractivity contribution in [2.45, 2.75) is 25.8 Å². The van der Waals surface area contributed by atoms with Crippen molar-refractivity contribution in [2.75, 3.05) is 5.32 Å². The van der Waals surface area contributed by atoms with Crippen LogP contribution in [0.25, 0.3) is 0 Å². The van der Waals surface area contributed by atoms with Crippen molar-refractivity contribution in [2.24, 2.45) is 11.7 Å². The van der Waals surface area contributed by atoms with Gasteiger partial charge in [0.15, 0.2) is 0 Å². The molecule has 1 amide bonds. The van der Waals surface area contributed by atoms with Crippen LogP contribution in [-0.4, -0.2) is 16.9 Å². The van der Waals surface area contributed by atoms with Crippen LogP contribution in [0.15, 0.2) is 18.3 Å². The molecule has 0 radical (unpaired) electrons. The number of nitrogens with zero attached hydrogens (tertiary/aromatic N) is 1. The van der Waals surface area contributed by atoms with Gasteiger partial charge >= 0.3 is 0 Å². The van der Waals surface area contributed by atoms with Crippen LogP contribution in [0.5, 0.6) is 0 Å². The Labute approximate surface area is 88.9 Å². The summed E-state index contributed by atoms with van der Waals surface area (Å²) in [6, 6.07) is 4.11. The van der Waals surface area contributed by atoms with Gasteiger partial charge in [-0.2, -0.15) is 0 Å². The predicted molar refractivity (Wildman–Crippen MR) is 58.6 cm³/mol. The Morgan fingerprint density at radius 1 is 1.73 bits per heavy atom. The summed E-state index contributed by atoms with van der Waals surface area (Å²) in [6.07, 6.45) is 4.02. The summed E-state index contributed by atoms with van der Waals surface area (Å²) in [5.41, 5.74) is 6.40. The van der Waals surface area contributed by atoms with E-state index in [1.807, 2.05) is 6.07 Å². The zero-order valence-corrected chi connectivity index (χ0v) is 8.73. The summed E-state index contributed by atoms with van der Waals surface area (Å²) in [5, 5.41) is 3.36. The molecule has 4 nitrogen and oxygen atoms in total. The van der Waals surface area contributed by atoms with Crippen LogP contribution in [0.1, 0.15) is 30.3 Å². The molecule has 0 saturated heterocycles. The maximum atomic E-state index is 10.9. The van der Waals surface area contributed by atoms with Crippen LogP contribution in [-0.2, 0) is 0 Å². The fraction of sp³-hybridized carbons (Fsp3) is 0.455. The predicted octanol–water partition coefficient (Wildman–Crippen LogP) is 1.39. The number of nitrogens with two attached hydrogens (primary N) is 1. The molecule has 1 aliphatic carbocycles. The largest absolute Gasteiger partial charge is 0.382 e. The molecule has 1 aromatic heterocycles. The van der Waals surface area contributed by atoms with Crippen LogP contribution < -0.4 is 11.1 Å². The minimum absolute atomic E-state index is 0.314. The molecule has 3 N–H and O–H groups in total. The molecular weight excluding hydrogens is 190 g/mol. The van der Waals surface area contributed by atoms with E-state index in [0.29, 0.717) is 11.7 Å². The van der Waals surface area contributed by atoms with E-state index >= 15 is 0 Å². The Morgan fingerprint density at radius 2 is 2.53 bits per heavy atom. The molecule has 4 heteroatoms. The van der Waals surface area contributed by atoms with E-state index in [1.165, 1.54) is 12.8 Å². The fourth-order valence-corrected chi connectivity index (χ4v) is 1.74. The van der Waals surface area contributed by atoms with Gasteiger partial charge in [0.1, 0.15) is 5.69 Å². The second-order valence-electron chi connectivity index (χ2n) is 3.95. The molecule has 1 saturated carbocycles. The summed E-state index contributed by atoms with van der Waals surface area (Å²) in [6.45, 7) is 2.19. The number of rotatable bonds is 4. The van der Waals surface area contributed by atoms with Crippen LogP contribution in [0, 0.1) is 5.92 Å². The molecule has 1 aliphatic rings. The van der Waals surface area contributed by atoms with E-state index in [4.69, 9.17) is 5.73 Å². The van der Waals surface area contributed by atoms with Crippen LogP contribution in [0.2, 0.25) is 0 Å². The standard InChI is InChI=1S/C11H15N3O/c1-2-7-5-9(7)14-8-3-4-13-10(6-8)11(12)15/h3-4,6-7,9H,2,5H2,1H3,(H2,12,15)(H,13,14). The minimum Gasteiger partial charge on any atom is -0.382 e. The van der Waals surface area contributed by atoms with Gasteiger partial charge < -0.3 is 11.1 Å². The maximum absolute atomic E-state index is 10.9. The zero-order valence-electron chi connectivity index (χ0n) is 8.73. The summed E-state index contributed by atoms with van der Waals surface area (Å²) >= 11 is 0. The number of hydrogen-bond donors (Lipinski definition) is 2. The third-order valence-corrected chi connectivity index (χ3v) is 2.81. The molecule has 2 unspecified atom stereocenters. The van der Waals surface area contributed by atoms with Gasteiger partial charge in [-0.1, -0.05) is 13.3 Å². The number of anilines is 1. The van der Waals surface area contributed by atoms with Crippen molar-refractivity contribution in [1.82, 2.24) is 4.98 Å². The monoisotopic (exact) mass is 205 g/mol. The van der Waals surface area contributed by atoms with Crippen molar-refractivity contribution in [3.05, 3.63) is 24.0 Å². The molecule has 1 heterocycles. The number of nitrogens with one attached hydrogen (secondary N) is 1. The molecule has 80 valence electrons. The Balaban J connectivity index is 2.03. The van der Waals surface area contributed by atoms with Crippen molar-refractivity contribution in [1.29, 1.82) is 0 Å². The molecule has 0 bridgehead atoms. The van der Waals surface area contributed by atoms with Crippen molar-refractivity contribution in [3.8, 4) is 0 Å². The van der Waals surface area contributed by atoms with Gasteiger partial charge in [0.05, 0.1) is 0 Å². The molecular formula is C11H15N3O. The highest BCUT2D eigenvalue weighted by Crippen LogP contribution is 2.35. The second kappa shape index (κ2) is 3.88. The van der Waals surface area contributed by atoms with E-state index in [-0.39, 0.29) is 0 Å². The van der Waals surface area contributed by atoms with E-state index in [9.17, 15) is 4.79 Å². The summed E-state index contributed by atoms with van der Waals surface area (Å²) in [4.78, 5) is 14.8. The molecule has 2 atom stereocenters. The first-order chi connectivity index (χ1) is 7.20. The number of aromatic nitrogens is 1. The van der Waals surface area contributed by atoms with E-state index < -0.39 is 5.91 Å². The van der Waals surface area contributed by atoms with E-state index in [0.717, 1.165) is 11.6 Å². The third-order valence-electron chi connectivity index (χ3n) is 2.81. The quantitative estimate of drug-likeness (QED) is 0.780. The van der Waals surface area contributed by atoms with Gasteiger partial charge in [0.2, 0.25) is 0 Å².